The first-order valence-corrected chi connectivity index (χ1v) is 8.50. The molecule has 2 rings (SSSR count). The molecule has 6 heteroatoms. The van der Waals surface area contributed by atoms with E-state index in [1.54, 1.807) is 7.05 Å². The summed E-state index contributed by atoms with van der Waals surface area (Å²) < 4.78 is 22.9. The van der Waals surface area contributed by atoms with Crippen LogP contribution in [0.5, 0.6) is 0 Å². The molecule has 1 aromatic carbocycles. The van der Waals surface area contributed by atoms with Crippen LogP contribution in [0.2, 0.25) is 0 Å². The fourth-order valence-corrected chi connectivity index (χ4v) is 3.51. The summed E-state index contributed by atoms with van der Waals surface area (Å²) in [4.78, 5) is 6.21. The zero-order valence-corrected chi connectivity index (χ0v) is 13.0. The van der Waals surface area contributed by atoms with Crippen molar-refractivity contribution in [2.24, 2.45) is 4.99 Å². The van der Waals surface area contributed by atoms with Crippen LogP contribution in [0.15, 0.2) is 23.2 Å². The molecule has 0 aromatic heterocycles. The lowest BCUT2D eigenvalue weighted by molar-refractivity contribution is 0.586. The van der Waals surface area contributed by atoms with Gasteiger partial charge in [-0.3, -0.25) is 4.99 Å². The van der Waals surface area contributed by atoms with Crippen molar-refractivity contribution in [3.63, 3.8) is 0 Å². The lowest BCUT2D eigenvalue weighted by Crippen LogP contribution is -2.40. The lowest BCUT2D eigenvalue weighted by atomic mass is 10.1. The Morgan fingerprint density at radius 2 is 1.95 bits per heavy atom. The second-order valence-corrected chi connectivity index (χ2v) is 7.38. The number of hydrogen-bond donors (Lipinski definition) is 1. The summed E-state index contributed by atoms with van der Waals surface area (Å²) in [5, 5.41) is 3.21. The van der Waals surface area contributed by atoms with Crippen molar-refractivity contribution in [3.05, 3.63) is 23.8 Å². The molecule has 0 radical (unpaired) electrons. The third-order valence-electron chi connectivity index (χ3n) is 3.54. The average molecular weight is 295 g/mol. The third-order valence-corrected chi connectivity index (χ3v) is 5.15. The second-order valence-electron chi connectivity index (χ2n) is 5.07. The number of rotatable bonds is 2. The van der Waals surface area contributed by atoms with Crippen LogP contribution >= 0.6 is 0 Å². The number of nitrogens with one attached hydrogen (secondary N) is 1. The Labute approximate surface area is 120 Å². The number of nitrogens with zero attached hydrogens (tertiary/aromatic N) is 2. The maximum absolute atomic E-state index is 11.5. The molecule has 1 heterocycles. The van der Waals surface area contributed by atoms with Crippen molar-refractivity contribution < 1.29 is 8.42 Å². The Hall–Kier alpha value is -1.56. The topological polar surface area (TPSA) is 61.8 Å². The molecule has 1 aliphatic rings. The summed E-state index contributed by atoms with van der Waals surface area (Å²) in [6.45, 7) is 5.11. The number of amidine groups is 1. The quantitative estimate of drug-likeness (QED) is 0.666. The van der Waals surface area contributed by atoms with Gasteiger partial charge in [0.2, 0.25) is 0 Å². The van der Waals surface area contributed by atoms with Crippen molar-refractivity contribution in [2.75, 3.05) is 41.9 Å². The Morgan fingerprint density at radius 3 is 2.50 bits per heavy atom. The molecule has 1 saturated heterocycles. The molecule has 0 bridgehead atoms. The first-order chi connectivity index (χ1) is 9.41. The molecule has 5 nitrogen and oxygen atoms in total. The van der Waals surface area contributed by atoms with Gasteiger partial charge in [0.05, 0.1) is 17.3 Å². The Bertz CT molecular complexity index is 609. The molecule has 0 unspecified atom stereocenters. The van der Waals surface area contributed by atoms with Gasteiger partial charge in [0, 0.05) is 31.5 Å². The maximum Gasteiger partial charge on any atom is 0.153 e. The molecule has 0 amide bonds. The normalized spacial score (nSPS) is 18.9. The van der Waals surface area contributed by atoms with Crippen LogP contribution in [0.25, 0.3) is 0 Å². The van der Waals surface area contributed by atoms with Crippen molar-refractivity contribution in [1.29, 1.82) is 0 Å². The first kappa shape index (κ1) is 14.8. The molecule has 0 aliphatic carbocycles. The van der Waals surface area contributed by atoms with E-state index in [2.05, 4.69) is 21.3 Å². The van der Waals surface area contributed by atoms with Gasteiger partial charge in [-0.25, -0.2) is 8.42 Å². The molecular weight excluding hydrogens is 274 g/mol. The van der Waals surface area contributed by atoms with Crippen molar-refractivity contribution in [3.8, 4) is 0 Å². The van der Waals surface area contributed by atoms with Gasteiger partial charge in [-0.05, 0) is 37.6 Å². The molecule has 110 valence electrons. The van der Waals surface area contributed by atoms with Crippen LogP contribution in [0.3, 0.4) is 0 Å². The van der Waals surface area contributed by atoms with Crippen molar-refractivity contribution in [1.82, 2.24) is 0 Å². The fourth-order valence-electron chi connectivity index (χ4n) is 2.31. The maximum atomic E-state index is 11.5. The van der Waals surface area contributed by atoms with Crippen LogP contribution in [0.4, 0.5) is 11.4 Å². The average Bonchev–Trinajstić information content (AvgIpc) is 2.39. The predicted molar refractivity (Wildman–Crippen MR) is 84.7 cm³/mol. The summed E-state index contributed by atoms with van der Waals surface area (Å²) in [5.41, 5.74) is 3.24. The van der Waals surface area contributed by atoms with E-state index in [1.165, 1.54) is 0 Å². The minimum atomic E-state index is -2.83. The van der Waals surface area contributed by atoms with Crippen LogP contribution in [-0.2, 0) is 9.84 Å². The zero-order chi connectivity index (χ0) is 14.8. The lowest BCUT2D eigenvalue weighted by Gasteiger charge is -2.30. The van der Waals surface area contributed by atoms with Gasteiger partial charge < -0.3 is 10.2 Å². The molecule has 20 heavy (non-hydrogen) atoms. The van der Waals surface area contributed by atoms with E-state index in [1.807, 2.05) is 26.0 Å². The summed E-state index contributed by atoms with van der Waals surface area (Å²) in [6, 6.07) is 6.10. The smallest absolute Gasteiger partial charge is 0.153 e. The number of hydrogen-bond acceptors (Lipinski definition) is 4. The minimum Gasteiger partial charge on any atom is -0.369 e. The largest absolute Gasteiger partial charge is 0.369 e. The molecule has 1 fully saturated rings. The van der Waals surface area contributed by atoms with E-state index < -0.39 is 9.84 Å². The molecule has 0 saturated carbocycles. The molecular formula is C14H21N3O2S. The number of sulfone groups is 1. The number of aryl methyl sites for hydroxylation is 1. The summed E-state index contributed by atoms with van der Waals surface area (Å²) in [6.07, 6.45) is 0. The van der Waals surface area contributed by atoms with E-state index in [-0.39, 0.29) is 11.5 Å². The van der Waals surface area contributed by atoms with Gasteiger partial charge in [0.25, 0.3) is 0 Å². The monoisotopic (exact) mass is 295 g/mol. The first-order valence-electron chi connectivity index (χ1n) is 6.68. The molecule has 0 spiro atoms. The standard InChI is InChI=1S/C14H21N3O2S/c1-11-10-13(16-12(2)15-3)4-5-14(11)17-6-8-20(18,19)9-7-17/h4-5,10H,6-9H2,1-3H3,(H,15,16). The molecule has 0 atom stereocenters. The van der Waals surface area contributed by atoms with Crippen LogP contribution in [-0.4, -0.2) is 45.9 Å². The summed E-state index contributed by atoms with van der Waals surface area (Å²) in [7, 11) is -1.09. The molecule has 1 aliphatic heterocycles. The van der Waals surface area contributed by atoms with E-state index in [4.69, 9.17) is 0 Å². The second kappa shape index (κ2) is 5.83. The van der Waals surface area contributed by atoms with Crippen LogP contribution < -0.4 is 10.2 Å². The molecule has 1 N–H and O–H groups in total. The Kier molecular flexibility index (Phi) is 4.32. The fraction of sp³-hybridized carbons (Fsp3) is 0.500. The highest BCUT2D eigenvalue weighted by Gasteiger charge is 2.22. The van der Waals surface area contributed by atoms with E-state index in [0.29, 0.717) is 13.1 Å². The highest BCUT2D eigenvalue weighted by molar-refractivity contribution is 7.91. The number of aliphatic imine (C=N–C) groups is 1. The summed E-state index contributed by atoms with van der Waals surface area (Å²) in [5.74, 6) is 1.35. The highest BCUT2D eigenvalue weighted by atomic mass is 32.2. The van der Waals surface area contributed by atoms with Gasteiger partial charge in [0.15, 0.2) is 9.84 Å². The van der Waals surface area contributed by atoms with Crippen LogP contribution in [0, 0.1) is 6.92 Å². The highest BCUT2D eigenvalue weighted by Crippen LogP contribution is 2.25. The number of anilines is 2. The summed E-state index contributed by atoms with van der Waals surface area (Å²) >= 11 is 0. The Balaban J connectivity index is 2.14. The SMILES string of the molecule is CN=C(C)Nc1ccc(N2CCS(=O)(=O)CC2)c(C)c1. The van der Waals surface area contributed by atoms with Gasteiger partial charge in [-0.2, -0.15) is 0 Å². The Morgan fingerprint density at radius 1 is 1.30 bits per heavy atom. The van der Waals surface area contributed by atoms with E-state index in [9.17, 15) is 8.42 Å². The van der Waals surface area contributed by atoms with E-state index >= 15 is 0 Å². The van der Waals surface area contributed by atoms with Crippen molar-refractivity contribution >= 4 is 27.0 Å². The molecule has 1 aromatic rings. The van der Waals surface area contributed by atoms with E-state index in [0.717, 1.165) is 22.8 Å². The van der Waals surface area contributed by atoms with Gasteiger partial charge in [-0.15, -0.1) is 0 Å². The zero-order valence-electron chi connectivity index (χ0n) is 12.2. The van der Waals surface area contributed by atoms with Crippen molar-refractivity contribution in [2.45, 2.75) is 13.8 Å². The van der Waals surface area contributed by atoms with Gasteiger partial charge in [0.1, 0.15) is 0 Å². The van der Waals surface area contributed by atoms with Crippen LogP contribution in [0.1, 0.15) is 12.5 Å². The minimum absolute atomic E-state index is 0.244. The predicted octanol–water partition coefficient (Wildman–Crippen LogP) is 1.69. The third kappa shape index (κ3) is 3.50. The number of benzene rings is 1. The van der Waals surface area contributed by atoms with Gasteiger partial charge >= 0.3 is 0 Å². The van der Waals surface area contributed by atoms with Gasteiger partial charge in [-0.1, -0.05) is 0 Å².